The van der Waals surface area contributed by atoms with E-state index in [2.05, 4.69) is 15.4 Å². The Bertz CT molecular complexity index is 416. The number of piperidine rings is 1. The van der Waals surface area contributed by atoms with Gasteiger partial charge in [0.05, 0.1) is 12.2 Å². The van der Waals surface area contributed by atoms with Crippen LogP contribution in [0.2, 0.25) is 0 Å². The molecule has 0 aromatic carbocycles. The number of rotatable bonds is 5. The van der Waals surface area contributed by atoms with Crippen LogP contribution in [-0.4, -0.2) is 41.6 Å². The number of likely N-dealkylation sites (tertiary alicyclic amines) is 1. The maximum absolute atomic E-state index is 10.9. The van der Waals surface area contributed by atoms with Crippen LogP contribution in [0.5, 0.6) is 0 Å². The summed E-state index contributed by atoms with van der Waals surface area (Å²) in [5.41, 5.74) is 7.31. The molecule has 1 amide bonds. The van der Waals surface area contributed by atoms with Crippen molar-refractivity contribution in [2.75, 3.05) is 19.6 Å². The zero-order valence-corrected chi connectivity index (χ0v) is 11.6. The Balaban J connectivity index is 1.76. The number of nitrogens with one attached hydrogen (secondary N) is 1. The van der Waals surface area contributed by atoms with Crippen LogP contribution in [0.25, 0.3) is 0 Å². The molecule has 0 atom stereocenters. The average molecular weight is 266 g/mol. The van der Waals surface area contributed by atoms with E-state index in [0.717, 1.165) is 49.5 Å². The monoisotopic (exact) mass is 266 g/mol. The highest BCUT2D eigenvalue weighted by molar-refractivity contribution is 5.75. The van der Waals surface area contributed by atoms with Crippen molar-refractivity contribution in [3.8, 4) is 0 Å². The van der Waals surface area contributed by atoms with Crippen molar-refractivity contribution in [3.63, 3.8) is 0 Å². The van der Waals surface area contributed by atoms with E-state index in [1.54, 1.807) is 0 Å². The van der Waals surface area contributed by atoms with E-state index in [9.17, 15) is 4.79 Å². The van der Waals surface area contributed by atoms with Gasteiger partial charge in [-0.1, -0.05) is 5.16 Å². The molecule has 19 heavy (non-hydrogen) atoms. The van der Waals surface area contributed by atoms with Crippen LogP contribution in [0.3, 0.4) is 0 Å². The molecule has 3 N–H and O–H groups in total. The normalized spacial score (nSPS) is 17.8. The van der Waals surface area contributed by atoms with E-state index in [-0.39, 0.29) is 5.91 Å². The zero-order valence-electron chi connectivity index (χ0n) is 11.6. The molecule has 0 saturated carbocycles. The summed E-state index contributed by atoms with van der Waals surface area (Å²) in [7, 11) is 0. The lowest BCUT2D eigenvalue weighted by Gasteiger charge is -2.31. The van der Waals surface area contributed by atoms with Gasteiger partial charge >= 0.3 is 0 Å². The summed E-state index contributed by atoms with van der Waals surface area (Å²) in [6.07, 6.45) is 2.08. The molecular formula is C13H22N4O2. The standard InChI is InChI=1S/C13H22N4O2/c1-9-12(10(2)19-16-9)7-15-11-3-5-17(6-4-11)8-13(14)18/h11,15H,3-8H2,1-2H3,(H2,14,18). The minimum Gasteiger partial charge on any atom is -0.369 e. The van der Waals surface area contributed by atoms with Crippen molar-refractivity contribution in [1.29, 1.82) is 0 Å². The molecule has 1 aromatic rings. The first-order valence-corrected chi connectivity index (χ1v) is 6.72. The zero-order chi connectivity index (χ0) is 13.8. The number of aromatic nitrogens is 1. The van der Waals surface area contributed by atoms with E-state index < -0.39 is 0 Å². The van der Waals surface area contributed by atoms with Crippen molar-refractivity contribution < 1.29 is 9.32 Å². The Labute approximate surface area is 113 Å². The van der Waals surface area contributed by atoms with Gasteiger partial charge in [-0.15, -0.1) is 0 Å². The summed E-state index contributed by atoms with van der Waals surface area (Å²) in [4.78, 5) is 13.0. The molecule has 1 aliphatic rings. The van der Waals surface area contributed by atoms with Gasteiger partial charge in [0, 0.05) is 31.2 Å². The minimum atomic E-state index is -0.248. The minimum absolute atomic E-state index is 0.248. The molecule has 6 heteroatoms. The van der Waals surface area contributed by atoms with Crippen molar-refractivity contribution in [2.45, 2.75) is 39.3 Å². The Morgan fingerprint density at radius 2 is 2.16 bits per heavy atom. The fraction of sp³-hybridized carbons (Fsp3) is 0.692. The molecule has 2 rings (SSSR count). The van der Waals surface area contributed by atoms with E-state index in [1.807, 2.05) is 13.8 Å². The summed E-state index contributed by atoms with van der Waals surface area (Å²) in [6.45, 7) is 6.90. The fourth-order valence-corrected chi connectivity index (χ4v) is 2.52. The van der Waals surface area contributed by atoms with Gasteiger partial charge < -0.3 is 15.6 Å². The van der Waals surface area contributed by atoms with Gasteiger partial charge in [0.2, 0.25) is 5.91 Å². The van der Waals surface area contributed by atoms with Crippen LogP contribution in [0.4, 0.5) is 0 Å². The van der Waals surface area contributed by atoms with Crippen LogP contribution in [0, 0.1) is 13.8 Å². The Hall–Kier alpha value is -1.40. The first-order valence-electron chi connectivity index (χ1n) is 6.72. The molecule has 0 unspecified atom stereocenters. The van der Waals surface area contributed by atoms with E-state index in [1.165, 1.54) is 0 Å². The largest absolute Gasteiger partial charge is 0.369 e. The molecule has 0 radical (unpaired) electrons. The SMILES string of the molecule is Cc1noc(C)c1CNC1CCN(CC(N)=O)CC1. The van der Waals surface area contributed by atoms with E-state index in [0.29, 0.717) is 12.6 Å². The first-order chi connectivity index (χ1) is 9.06. The summed E-state index contributed by atoms with van der Waals surface area (Å²) in [5.74, 6) is 0.637. The van der Waals surface area contributed by atoms with Gasteiger partial charge in [-0.05, 0) is 26.7 Å². The number of hydrogen-bond donors (Lipinski definition) is 2. The summed E-state index contributed by atoms with van der Waals surface area (Å²) in [5, 5.41) is 7.49. The highest BCUT2D eigenvalue weighted by atomic mass is 16.5. The van der Waals surface area contributed by atoms with Gasteiger partial charge in [-0.25, -0.2) is 0 Å². The molecule has 0 bridgehead atoms. The molecule has 106 valence electrons. The van der Waals surface area contributed by atoms with Crippen molar-refractivity contribution in [3.05, 3.63) is 17.0 Å². The smallest absolute Gasteiger partial charge is 0.231 e. The molecule has 0 spiro atoms. The fourth-order valence-electron chi connectivity index (χ4n) is 2.52. The summed E-state index contributed by atoms with van der Waals surface area (Å²) >= 11 is 0. The molecule has 1 aromatic heterocycles. The number of nitrogens with two attached hydrogens (primary N) is 1. The van der Waals surface area contributed by atoms with Crippen molar-refractivity contribution >= 4 is 5.91 Å². The lowest BCUT2D eigenvalue weighted by molar-refractivity contribution is -0.119. The lowest BCUT2D eigenvalue weighted by Crippen LogP contribution is -2.45. The van der Waals surface area contributed by atoms with Gasteiger partial charge in [0.1, 0.15) is 5.76 Å². The highest BCUT2D eigenvalue weighted by Gasteiger charge is 2.20. The third kappa shape index (κ3) is 3.78. The second-order valence-corrected chi connectivity index (χ2v) is 5.20. The molecule has 1 fully saturated rings. The lowest BCUT2D eigenvalue weighted by atomic mass is 10.0. The molecular weight excluding hydrogens is 244 g/mol. The van der Waals surface area contributed by atoms with Crippen LogP contribution in [-0.2, 0) is 11.3 Å². The van der Waals surface area contributed by atoms with Gasteiger partial charge in [0.25, 0.3) is 0 Å². The maximum Gasteiger partial charge on any atom is 0.231 e. The summed E-state index contributed by atoms with van der Waals surface area (Å²) < 4.78 is 5.15. The van der Waals surface area contributed by atoms with Crippen LogP contribution in [0.15, 0.2) is 4.52 Å². The van der Waals surface area contributed by atoms with Crippen molar-refractivity contribution in [1.82, 2.24) is 15.4 Å². The number of carbonyl (C=O) groups is 1. The second-order valence-electron chi connectivity index (χ2n) is 5.20. The number of hydrogen-bond acceptors (Lipinski definition) is 5. The second kappa shape index (κ2) is 6.16. The van der Waals surface area contributed by atoms with Crippen LogP contribution < -0.4 is 11.1 Å². The number of primary amides is 1. The number of amides is 1. The molecule has 1 saturated heterocycles. The predicted octanol–water partition coefficient (Wildman–Crippen LogP) is 0.331. The third-order valence-electron chi connectivity index (χ3n) is 3.72. The number of carbonyl (C=O) groups excluding carboxylic acids is 1. The molecule has 6 nitrogen and oxygen atoms in total. The number of aryl methyl sites for hydroxylation is 2. The van der Waals surface area contributed by atoms with Gasteiger partial charge in [0.15, 0.2) is 0 Å². The van der Waals surface area contributed by atoms with Gasteiger partial charge in [-0.2, -0.15) is 0 Å². The van der Waals surface area contributed by atoms with Crippen LogP contribution >= 0.6 is 0 Å². The highest BCUT2D eigenvalue weighted by Crippen LogP contribution is 2.14. The molecule has 0 aliphatic carbocycles. The van der Waals surface area contributed by atoms with Gasteiger partial charge in [-0.3, -0.25) is 9.69 Å². The quantitative estimate of drug-likeness (QED) is 0.802. The predicted molar refractivity (Wildman–Crippen MR) is 71.5 cm³/mol. The van der Waals surface area contributed by atoms with E-state index in [4.69, 9.17) is 10.3 Å². The van der Waals surface area contributed by atoms with E-state index >= 15 is 0 Å². The Morgan fingerprint density at radius 1 is 1.47 bits per heavy atom. The van der Waals surface area contributed by atoms with Crippen LogP contribution in [0.1, 0.15) is 29.9 Å². The van der Waals surface area contributed by atoms with Crippen molar-refractivity contribution in [2.24, 2.45) is 5.73 Å². The summed E-state index contributed by atoms with van der Waals surface area (Å²) in [6, 6.07) is 0.484. The topological polar surface area (TPSA) is 84.4 Å². The first kappa shape index (κ1) is 14.0. The number of nitrogens with zero attached hydrogens (tertiary/aromatic N) is 2. The maximum atomic E-state index is 10.9. The molecule has 1 aliphatic heterocycles. The Kier molecular flexibility index (Phi) is 4.55. The average Bonchev–Trinajstić information content (AvgIpc) is 2.68. The third-order valence-corrected chi connectivity index (χ3v) is 3.72. The Morgan fingerprint density at radius 3 is 2.68 bits per heavy atom. The molecule has 2 heterocycles.